The summed E-state index contributed by atoms with van der Waals surface area (Å²) in [5.41, 5.74) is 2.90. The van der Waals surface area contributed by atoms with Crippen LogP contribution in [-0.2, 0) is 11.3 Å². The Balaban J connectivity index is 1.56. The first kappa shape index (κ1) is 17.9. The van der Waals surface area contributed by atoms with Gasteiger partial charge in [-0.25, -0.2) is 4.39 Å². The molecule has 0 saturated heterocycles. The molecule has 1 aromatic heterocycles. The summed E-state index contributed by atoms with van der Waals surface area (Å²) in [5.74, 6) is -1.21. The van der Waals surface area contributed by atoms with E-state index in [9.17, 15) is 19.1 Å². The lowest BCUT2D eigenvalue weighted by Crippen LogP contribution is -2.24. The van der Waals surface area contributed by atoms with Crippen LogP contribution in [-0.4, -0.2) is 21.8 Å². The van der Waals surface area contributed by atoms with Gasteiger partial charge in [-0.2, -0.15) is 0 Å². The molecule has 0 aliphatic carbocycles. The first-order valence-corrected chi connectivity index (χ1v) is 9.16. The Bertz CT molecular complexity index is 1180. The molecule has 4 rings (SSSR count). The molecule has 2 heterocycles. The fourth-order valence-corrected chi connectivity index (χ4v) is 3.66. The van der Waals surface area contributed by atoms with Crippen molar-refractivity contribution in [1.82, 2.24) is 4.57 Å². The van der Waals surface area contributed by atoms with Crippen molar-refractivity contribution in [2.45, 2.75) is 6.54 Å². The van der Waals surface area contributed by atoms with Crippen molar-refractivity contribution < 1.29 is 14.3 Å². The van der Waals surface area contributed by atoms with Crippen molar-refractivity contribution in [3.05, 3.63) is 74.5 Å². The first-order chi connectivity index (χ1) is 13.5. The minimum Gasteiger partial charge on any atom is -0.493 e. The highest BCUT2D eigenvalue weighted by molar-refractivity contribution is 7.10. The number of aromatic nitrogens is 1. The van der Waals surface area contributed by atoms with Gasteiger partial charge in [0.2, 0.25) is 11.8 Å². The van der Waals surface area contributed by atoms with Crippen molar-refractivity contribution in [3.8, 4) is 5.88 Å². The fraction of sp³-hybridized carbons (Fsp3) is 0.0500. The van der Waals surface area contributed by atoms with Gasteiger partial charge in [-0.05, 0) is 36.4 Å². The molecule has 2 N–H and O–H groups in total. The summed E-state index contributed by atoms with van der Waals surface area (Å²) in [7, 11) is 0. The summed E-state index contributed by atoms with van der Waals surface area (Å²) in [5, 5.41) is 13.0. The van der Waals surface area contributed by atoms with Crippen LogP contribution in [0, 0.1) is 5.82 Å². The van der Waals surface area contributed by atoms with E-state index in [1.165, 1.54) is 24.3 Å². The number of hydrogen-bond acceptors (Lipinski definition) is 5. The number of anilines is 1. The number of carbonyl (C=O) groups is 1. The van der Waals surface area contributed by atoms with E-state index in [4.69, 9.17) is 0 Å². The maximum absolute atomic E-state index is 12.9. The van der Waals surface area contributed by atoms with Gasteiger partial charge in [0, 0.05) is 23.0 Å². The van der Waals surface area contributed by atoms with E-state index >= 15 is 0 Å². The van der Waals surface area contributed by atoms with Crippen molar-refractivity contribution in [1.29, 1.82) is 0 Å². The summed E-state index contributed by atoms with van der Waals surface area (Å²) in [4.78, 5) is 28.6. The van der Waals surface area contributed by atoms with Gasteiger partial charge in [-0.15, -0.1) is 0 Å². The predicted octanol–water partition coefficient (Wildman–Crippen LogP) is 3.65. The van der Waals surface area contributed by atoms with Crippen molar-refractivity contribution >= 4 is 46.5 Å². The molecule has 3 aromatic rings. The molecule has 6 nitrogen and oxygen atoms in total. The summed E-state index contributed by atoms with van der Waals surface area (Å²) in [6.45, 7) is -0.355. The molecule has 0 saturated carbocycles. The van der Waals surface area contributed by atoms with E-state index < -0.39 is 16.6 Å². The number of amides is 1. The molecule has 1 aliphatic heterocycles. The van der Waals surface area contributed by atoms with Gasteiger partial charge in [0.15, 0.2) is 0 Å². The predicted molar refractivity (Wildman–Crippen MR) is 108 cm³/mol. The Hall–Kier alpha value is -3.52. The molecule has 2 aromatic carbocycles. The molecule has 140 valence electrons. The smallest absolute Gasteiger partial charge is 0.311 e. The zero-order valence-corrected chi connectivity index (χ0v) is 15.2. The molecule has 0 unspecified atom stereocenters. The second-order valence-electron chi connectivity index (χ2n) is 6.07. The van der Waals surface area contributed by atoms with Gasteiger partial charge in [0.05, 0.1) is 10.6 Å². The van der Waals surface area contributed by atoms with Crippen LogP contribution in [0.4, 0.5) is 15.8 Å². The highest BCUT2D eigenvalue weighted by atomic mass is 32.1. The average molecular weight is 395 g/mol. The topological polar surface area (TPSA) is 83.7 Å². The van der Waals surface area contributed by atoms with E-state index in [1.807, 2.05) is 24.3 Å². The molecule has 0 fully saturated rings. The lowest BCUT2D eigenvalue weighted by molar-refractivity contribution is -0.116. The van der Waals surface area contributed by atoms with Gasteiger partial charge in [-0.3, -0.25) is 19.1 Å². The Kier molecular flexibility index (Phi) is 4.62. The van der Waals surface area contributed by atoms with Crippen LogP contribution < -0.4 is 10.2 Å². The number of aromatic hydroxyl groups is 1. The van der Waals surface area contributed by atoms with Gasteiger partial charge in [0.1, 0.15) is 12.4 Å². The van der Waals surface area contributed by atoms with Crippen LogP contribution >= 0.6 is 11.3 Å². The van der Waals surface area contributed by atoms with Crippen LogP contribution in [0.2, 0.25) is 0 Å². The largest absolute Gasteiger partial charge is 0.493 e. The van der Waals surface area contributed by atoms with Crippen molar-refractivity contribution in [3.63, 3.8) is 0 Å². The molecule has 1 aliphatic rings. The molecule has 8 heteroatoms. The zero-order chi connectivity index (χ0) is 19.7. The number of nitrogens with zero attached hydrogens (tertiary/aromatic N) is 2. The van der Waals surface area contributed by atoms with Crippen molar-refractivity contribution in [2.24, 2.45) is 4.99 Å². The van der Waals surface area contributed by atoms with Gasteiger partial charge >= 0.3 is 4.87 Å². The van der Waals surface area contributed by atoms with E-state index in [-0.39, 0.29) is 12.4 Å². The minimum atomic E-state index is -0.506. The van der Waals surface area contributed by atoms with Crippen molar-refractivity contribution in [2.75, 3.05) is 5.32 Å². The van der Waals surface area contributed by atoms with Crippen LogP contribution in [0.3, 0.4) is 0 Å². The number of nitrogens with one attached hydrogen (secondary N) is 1. The monoisotopic (exact) mass is 395 g/mol. The maximum Gasteiger partial charge on any atom is 0.311 e. The average Bonchev–Trinajstić information content (AvgIpc) is 3.20. The lowest BCUT2D eigenvalue weighted by atomic mass is 10.1. The summed E-state index contributed by atoms with van der Waals surface area (Å²) >= 11 is 0.843. The Morgan fingerprint density at radius 3 is 2.75 bits per heavy atom. The third kappa shape index (κ3) is 3.49. The number of rotatable bonds is 4. The molecular weight excluding hydrogens is 381 g/mol. The molecule has 0 radical (unpaired) electrons. The number of allylic oxidation sites excluding steroid dienone is 1. The summed E-state index contributed by atoms with van der Waals surface area (Å²) in [6.07, 6.45) is 3.34. The molecular formula is C20H14FN3O3S. The SMILES string of the molecule is O=C(Cn1c(O)c(/C=C2\C=Nc3ccccc32)sc1=O)Nc1ccc(F)cc1. The number of hydrogen-bond donors (Lipinski definition) is 2. The van der Waals surface area contributed by atoms with Gasteiger partial charge in [-0.1, -0.05) is 29.5 Å². The number of benzene rings is 2. The Morgan fingerprint density at radius 2 is 1.96 bits per heavy atom. The normalized spacial score (nSPS) is 13.7. The van der Waals surface area contributed by atoms with Crippen LogP contribution in [0.25, 0.3) is 11.6 Å². The quantitative estimate of drug-likeness (QED) is 0.707. The molecule has 0 atom stereocenters. The fourth-order valence-electron chi connectivity index (χ4n) is 2.82. The van der Waals surface area contributed by atoms with Crippen LogP contribution in [0.1, 0.15) is 10.4 Å². The second-order valence-corrected chi connectivity index (χ2v) is 7.07. The van der Waals surface area contributed by atoms with E-state index in [0.717, 1.165) is 32.7 Å². The number of halogens is 1. The Morgan fingerprint density at radius 1 is 1.21 bits per heavy atom. The standard InChI is InChI=1S/C20H14FN3O3S/c21-13-5-7-14(8-6-13)23-18(25)11-24-19(26)17(28-20(24)27)9-12-10-22-16-4-2-1-3-15(12)16/h1-10,26H,11H2,(H,23,25)/b12-9+. The summed E-state index contributed by atoms with van der Waals surface area (Å²) in [6, 6.07) is 12.8. The summed E-state index contributed by atoms with van der Waals surface area (Å²) < 4.78 is 13.9. The second kappa shape index (κ2) is 7.24. The van der Waals surface area contributed by atoms with Crippen LogP contribution in [0.15, 0.2) is 58.3 Å². The molecule has 0 spiro atoms. The lowest BCUT2D eigenvalue weighted by Gasteiger charge is -2.06. The molecule has 28 heavy (non-hydrogen) atoms. The number of carbonyl (C=O) groups excluding carboxylic acids is 1. The number of aliphatic imine (C=N–C) groups is 1. The van der Waals surface area contributed by atoms with Crippen LogP contribution in [0.5, 0.6) is 5.88 Å². The zero-order valence-electron chi connectivity index (χ0n) is 14.4. The Labute approximate surface area is 162 Å². The highest BCUT2D eigenvalue weighted by Crippen LogP contribution is 2.34. The van der Waals surface area contributed by atoms with E-state index in [1.54, 1.807) is 12.3 Å². The molecule has 0 bridgehead atoms. The number of thiazole rings is 1. The number of para-hydroxylation sites is 1. The van der Waals surface area contributed by atoms with Gasteiger partial charge in [0.25, 0.3) is 0 Å². The first-order valence-electron chi connectivity index (χ1n) is 8.34. The van der Waals surface area contributed by atoms with Gasteiger partial charge < -0.3 is 10.4 Å². The highest BCUT2D eigenvalue weighted by Gasteiger charge is 2.18. The van der Waals surface area contributed by atoms with E-state index in [0.29, 0.717) is 10.6 Å². The number of fused-ring (bicyclic) bond motifs is 1. The molecule has 1 amide bonds. The third-order valence-electron chi connectivity index (χ3n) is 4.17. The minimum absolute atomic E-state index is 0.283. The van der Waals surface area contributed by atoms with E-state index in [2.05, 4.69) is 10.3 Å². The third-order valence-corrected chi connectivity index (χ3v) is 5.08. The maximum atomic E-state index is 12.9.